The molecule has 2 heterocycles. The highest BCUT2D eigenvalue weighted by atomic mass is 16.4. The minimum Gasteiger partial charge on any atom is -0.475 e. The number of hydrogen-bond acceptors (Lipinski definition) is 4. The van der Waals surface area contributed by atoms with Gasteiger partial charge in [-0.15, -0.1) is 0 Å². The third-order valence-electron chi connectivity index (χ3n) is 2.00. The number of aryl methyl sites for hydroxylation is 1. The fourth-order valence-corrected chi connectivity index (χ4v) is 1.33. The minimum atomic E-state index is -1.13. The zero-order chi connectivity index (χ0) is 11.5. The zero-order valence-corrected chi connectivity index (χ0v) is 8.58. The summed E-state index contributed by atoms with van der Waals surface area (Å²) in [5.74, 6) is -1.33. The summed E-state index contributed by atoms with van der Waals surface area (Å²) in [5.41, 5.74) is 1.96. The number of carboxylic acids is 1. The molecule has 0 saturated carbocycles. The maximum Gasteiger partial charge on any atom is 0.373 e. The van der Waals surface area contributed by atoms with E-state index in [1.807, 2.05) is 6.07 Å². The molecular weight excluding hydrogens is 206 g/mol. The summed E-state index contributed by atoms with van der Waals surface area (Å²) >= 11 is 0. The number of hydrogen-bond donors (Lipinski definition) is 1. The van der Waals surface area contributed by atoms with E-state index in [9.17, 15) is 4.79 Å². The molecule has 0 unspecified atom stereocenters. The normalized spacial score (nSPS) is 10.1. The van der Waals surface area contributed by atoms with Crippen LogP contribution in [-0.4, -0.2) is 26.0 Å². The van der Waals surface area contributed by atoms with Crippen LogP contribution in [0.1, 0.15) is 16.3 Å². The van der Waals surface area contributed by atoms with E-state index in [0.717, 1.165) is 5.56 Å². The van der Waals surface area contributed by atoms with Crippen molar-refractivity contribution in [3.05, 3.63) is 42.1 Å². The Balaban J connectivity index is 2.54. The molecule has 0 amide bonds. The second-order valence-corrected chi connectivity index (χ2v) is 3.27. The molecule has 2 aromatic rings. The van der Waals surface area contributed by atoms with Crippen molar-refractivity contribution in [3.63, 3.8) is 0 Å². The number of carbonyl (C=O) groups is 1. The van der Waals surface area contributed by atoms with Gasteiger partial charge < -0.3 is 5.11 Å². The van der Waals surface area contributed by atoms with Crippen LogP contribution in [0.15, 0.2) is 30.6 Å². The van der Waals surface area contributed by atoms with Gasteiger partial charge in [0.25, 0.3) is 0 Å². The summed E-state index contributed by atoms with van der Waals surface area (Å²) < 4.78 is 0. The molecule has 2 rings (SSSR count). The fourth-order valence-electron chi connectivity index (χ4n) is 1.33. The molecule has 5 heteroatoms. The van der Waals surface area contributed by atoms with Crippen LogP contribution in [-0.2, 0) is 0 Å². The highest BCUT2D eigenvalue weighted by molar-refractivity contribution is 5.83. The molecule has 0 aromatic carbocycles. The van der Waals surface area contributed by atoms with E-state index < -0.39 is 5.97 Å². The highest BCUT2D eigenvalue weighted by Crippen LogP contribution is 2.15. The monoisotopic (exact) mass is 215 g/mol. The van der Waals surface area contributed by atoms with Crippen molar-refractivity contribution in [1.82, 2.24) is 15.0 Å². The first-order valence-electron chi connectivity index (χ1n) is 4.66. The molecule has 0 aliphatic rings. The average Bonchev–Trinajstić information content (AvgIpc) is 2.29. The van der Waals surface area contributed by atoms with Gasteiger partial charge in [-0.05, 0) is 25.1 Å². The Bertz CT molecular complexity index is 526. The summed E-state index contributed by atoms with van der Waals surface area (Å²) in [4.78, 5) is 22.5. The third-order valence-corrected chi connectivity index (χ3v) is 2.00. The van der Waals surface area contributed by atoms with Gasteiger partial charge in [0, 0.05) is 23.7 Å². The van der Waals surface area contributed by atoms with E-state index in [0.29, 0.717) is 11.4 Å². The molecule has 0 aliphatic carbocycles. The van der Waals surface area contributed by atoms with Crippen LogP contribution in [0, 0.1) is 6.92 Å². The highest BCUT2D eigenvalue weighted by Gasteiger charge is 2.10. The third kappa shape index (κ3) is 2.03. The first kappa shape index (κ1) is 10.2. The van der Waals surface area contributed by atoms with Crippen LogP contribution in [0.2, 0.25) is 0 Å². The molecule has 1 N–H and O–H groups in total. The molecule has 0 atom stereocenters. The van der Waals surface area contributed by atoms with Crippen molar-refractivity contribution < 1.29 is 9.90 Å². The Morgan fingerprint density at radius 2 is 2.19 bits per heavy atom. The molecule has 5 nitrogen and oxygen atoms in total. The van der Waals surface area contributed by atoms with Crippen molar-refractivity contribution in [2.24, 2.45) is 0 Å². The molecule has 0 saturated heterocycles. The number of rotatable bonds is 2. The summed E-state index contributed by atoms with van der Waals surface area (Å²) in [5, 5.41) is 8.84. The lowest BCUT2D eigenvalue weighted by Crippen LogP contribution is -2.06. The summed E-state index contributed by atoms with van der Waals surface area (Å²) in [7, 11) is 0. The molecule has 80 valence electrons. The minimum absolute atomic E-state index is 0.196. The Hall–Kier alpha value is -2.30. The SMILES string of the molecule is Cc1cc(-c2cccnc2)nc(C(=O)O)n1. The topological polar surface area (TPSA) is 76.0 Å². The van der Waals surface area contributed by atoms with E-state index in [1.54, 1.807) is 31.5 Å². The Morgan fingerprint density at radius 1 is 1.38 bits per heavy atom. The van der Waals surface area contributed by atoms with Crippen LogP contribution in [0.3, 0.4) is 0 Å². The molecular formula is C11H9N3O2. The standard InChI is InChI=1S/C11H9N3O2/c1-7-5-9(8-3-2-4-12-6-8)14-10(13-7)11(15)16/h2-6H,1H3,(H,15,16). The number of pyridine rings is 1. The summed E-state index contributed by atoms with van der Waals surface area (Å²) in [6.45, 7) is 1.73. The molecule has 0 aliphatic heterocycles. The maximum atomic E-state index is 10.8. The van der Waals surface area contributed by atoms with Gasteiger partial charge in [-0.2, -0.15) is 0 Å². The van der Waals surface area contributed by atoms with E-state index in [2.05, 4.69) is 15.0 Å². The fraction of sp³-hybridized carbons (Fsp3) is 0.0909. The Kier molecular flexibility index (Phi) is 2.59. The lowest BCUT2D eigenvalue weighted by atomic mass is 10.2. The van der Waals surface area contributed by atoms with Gasteiger partial charge in [-0.3, -0.25) is 4.98 Å². The van der Waals surface area contributed by atoms with E-state index in [1.165, 1.54) is 0 Å². The summed E-state index contributed by atoms with van der Waals surface area (Å²) in [6.07, 6.45) is 3.28. The second kappa shape index (κ2) is 4.06. The molecule has 0 radical (unpaired) electrons. The second-order valence-electron chi connectivity index (χ2n) is 3.27. The predicted molar refractivity (Wildman–Crippen MR) is 57.0 cm³/mol. The van der Waals surface area contributed by atoms with Crippen molar-refractivity contribution in [3.8, 4) is 11.3 Å². The van der Waals surface area contributed by atoms with Gasteiger partial charge in [0.05, 0.1) is 5.69 Å². The zero-order valence-electron chi connectivity index (χ0n) is 8.58. The van der Waals surface area contributed by atoms with Crippen molar-refractivity contribution in [2.45, 2.75) is 6.92 Å². The van der Waals surface area contributed by atoms with E-state index >= 15 is 0 Å². The summed E-state index contributed by atoms with van der Waals surface area (Å²) in [6, 6.07) is 5.32. The Morgan fingerprint density at radius 3 is 2.81 bits per heavy atom. The molecule has 0 fully saturated rings. The van der Waals surface area contributed by atoms with Crippen LogP contribution in [0.25, 0.3) is 11.3 Å². The largest absolute Gasteiger partial charge is 0.475 e. The van der Waals surface area contributed by atoms with Gasteiger partial charge in [-0.25, -0.2) is 14.8 Å². The van der Waals surface area contributed by atoms with E-state index in [4.69, 9.17) is 5.11 Å². The van der Waals surface area contributed by atoms with Gasteiger partial charge in [0.15, 0.2) is 0 Å². The quantitative estimate of drug-likeness (QED) is 0.822. The maximum absolute atomic E-state index is 10.8. The van der Waals surface area contributed by atoms with Crippen LogP contribution in [0.5, 0.6) is 0 Å². The predicted octanol–water partition coefficient (Wildman–Crippen LogP) is 1.55. The van der Waals surface area contributed by atoms with Crippen molar-refractivity contribution in [2.75, 3.05) is 0 Å². The van der Waals surface area contributed by atoms with Gasteiger partial charge in [0.1, 0.15) is 0 Å². The number of aromatic carboxylic acids is 1. The smallest absolute Gasteiger partial charge is 0.373 e. The average molecular weight is 215 g/mol. The molecule has 0 bridgehead atoms. The van der Waals surface area contributed by atoms with Crippen molar-refractivity contribution in [1.29, 1.82) is 0 Å². The molecule has 16 heavy (non-hydrogen) atoms. The van der Waals surface area contributed by atoms with Gasteiger partial charge in [0.2, 0.25) is 5.82 Å². The van der Waals surface area contributed by atoms with Crippen molar-refractivity contribution >= 4 is 5.97 Å². The van der Waals surface area contributed by atoms with Crippen LogP contribution < -0.4 is 0 Å². The van der Waals surface area contributed by atoms with Crippen LogP contribution >= 0.6 is 0 Å². The lowest BCUT2D eigenvalue weighted by molar-refractivity contribution is 0.0683. The first-order chi connectivity index (χ1) is 7.66. The lowest BCUT2D eigenvalue weighted by Gasteiger charge is -2.02. The number of nitrogens with zero attached hydrogens (tertiary/aromatic N) is 3. The number of carboxylic acid groups (broad SMARTS) is 1. The molecule has 2 aromatic heterocycles. The molecule has 0 spiro atoms. The Labute approximate surface area is 91.8 Å². The van der Waals surface area contributed by atoms with Gasteiger partial charge >= 0.3 is 5.97 Å². The van der Waals surface area contributed by atoms with Gasteiger partial charge in [-0.1, -0.05) is 0 Å². The van der Waals surface area contributed by atoms with E-state index in [-0.39, 0.29) is 5.82 Å². The first-order valence-corrected chi connectivity index (χ1v) is 4.66. The van der Waals surface area contributed by atoms with Crippen LogP contribution in [0.4, 0.5) is 0 Å². The number of aromatic nitrogens is 3.